The predicted molar refractivity (Wildman–Crippen MR) is 59.5 cm³/mol. The molecule has 0 saturated carbocycles. The third kappa shape index (κ3) is 1.81. The summed E-state index contributed by atoms with van der Waals surface area (Å²) in [6.45, 7) is 3.63. The molecule has 1 fully saturated rings. The van der Waals surface area contributed by atoms with Crippen molar-refractivity contribution in [3.63, 3.8) is 0 Å². The number of hydrogen-bond acceptors (Lipinski definition) is 5. The van der Waals surface area contributed by atoms with E-state index in [2.05, 4.69) is 9.88 Å². The van der Waals surface area contributed by atoms with Crippen LogP contribution in [0.3, 0.4) is 0 Å². The summed E-state index contributed by atoms with van der Waals surface area (Å²) in [5, 5.41) is 9.52. The quantitative estimate of drug-likeness (QED) is 0.796. The molecular weight excluding hydrogens is 234 g/mol. The number of ether oxygens (including phenoxy) is 1. The number of nitriles is 1. The highest BCUT2D eigenvalue weighted by Gasteiger charge is 2.40. The second-order valence-electron chi connectivity index (χ2n) is 3.74. The summed E-state index contributed by atoms with van der Waals surface area (Å²) in [5.74, 6) is 0. The number of rotatable bonds is 2. The van der Waals surface area contributed by atoms with E-state index < -0.39 is 0 Å². The van der Waals surface area contributed by atoms with Crippen LogP contribution in [0.25, 0.3) is 0 Å². The minimum absolute atomic E-state index is 0.0923. The van der Waals surface area contributed by atoms with Crippen LogP contribution in [0.2, 0.25) is 4.34 Å². The van der Waals surface area contributed by atoms with Crippen LogP contribution < -0.4 is 4.90 Å². The van der Waals surface area contributed by atoms with Crippen molar-refractivity contribution in [2.45, 2.75) is 12.5 Å². The maximum absolute atomic E-state index is 8.72. The molecular formula is C9H10ClN3OS. The van der Waals surface area contributed by atoms with Gasteiger partial charge in [0.1, 0.15) is 10.4 Å². The van der Waals surface area contributed by atoms with Gasteiger partial charge in [0, 0.05) is 7.11 Å². The lowest BCUT2D eigenvalue weighted by atomic mass is 9.97. The average molecular weight is 244 g/mol. The second kappa shape index (κ2) is 3.63. The van der Waals surface area contributed by atoms with E-state index in [1.807, 2.05) is 13.0 Å². The molecule has 6 heteroatoms. The molecule has 0 spiro atoms. The van der Waals surface area contributed by atoms with E-state index in [1.165, 1.54) is 11.3 Å². The van der Waals surface area contributed by atoms with Gasteiger partial charge in [-0.15, -0.1) is 0 Å². The summed E-state index contributed by atoms with van der Waals surface area (Å²) in [5.41, 5.74) is 0.216. The molecule has 4 nitrogen and oxygen atoms in total. The van der Waals surface area contributed by atoms with Crippen LogP contribution in [0.5, 0.6) is 0 Å². The molecule has 1 saturated heterocycles. The van der Waals surface area contributed by atoms with Gasteiger partial charge in [-0.3, -0.25) is 0 Å². The van der Waals surface area contributed by atoms with Gasteiger partial charge in [0.05, 0.1) is 18.7 Å². The van der Waals surface area contributed by atoms with E-state index in [0.29, 0.717) is 10.0 Å². The van der Waals surface area contributed by atoms with Crippen molar-refractivity contribution in [1.82, 2.24) is 4.98 Å². The molecule has 0 aliphatic carbocycles. The van der Waals surface area contributed by atoms with Gasteiger partial charge in [0.2, 0.25) is 0 Å². The molecule has 1 aromatic rings. The van der Waals surface area contributed by atoms with Crippen molar-refractivity contribution >= 4 is 28.1 Å². The lowest BCUT2D eigenvalue weighted by Crippen LogP contribution is -2.61. The van der Waals surface area contributed by atoms with Crippen molar-refractivity contribution in [2.24, 2.45) is 0 Å². The first-order chi connectivity index (χ1) is 7.08. The van der Waals surface area contributed by atoms with Gasteiger partial charge in [-0.2, -0.15) is 5.26 Å². The zero-order valence-electron chi connectivity index (χ0n) is 8.45. The molecule has 2 heterocycles. The lowest BCUT2D eigenvalue weighted by Gasteiger charge is -2.46. The normalized spacial score (nSPS) is 18.4. The monoisotopic (exact) mass is 243 g/mol. The summed E-state index contributed by atoms with van der Waals surface area (Å²) < 4.78 is 5.78. The predicted octanol–water partition coefficient (Wildman–Crippen LogP) is 1.89. The molecule has 0 amide bonds. The van der Waals surface area contributed by atoms with Gasteiger partial charge in [-0.25, -0.2) is 4.98 Å². The van der Waals surface area contributed by atoms with Crippen LogP contribution in [0.15, 0.2) is 0 Å². The Morgan fingerprint density at radius 2 is 2.33 bits per heavy atom. The van der Waals surface area contributed by atoms with E-state index in [-0.39, 0.29) is 5.60 Å². The Labute approximate surface area is 97.0 Å². The smallest absolute Gasteiger partial charge is 0.188 e. The highest BCUT2D eigenvalue weighted by atomic mass is 35.5. The number of methoxy groups -OCH3 is 1. The van der Waals surface area contributed by atoms with Gasteiger partial charge in [0.25, 0.3) is 0 Å². The van der Waals surface area contributed by atoms with E-state index >= 15 is 0 Å². The number of nitrogens with zero attached hydrogens (tertiary/aromatic N) is 3. The van der Waals surface area contributed by atoms with E-state index in [1.54, 1.807) is 7.11 Å². The molecule has 0 N–H and O–H groups in total. The van der Waals surface area contributed by atoms with Gasteiger partial charge in [-0.1, -0.05) is 22.9 Å². The average Bonchev–Trinajstić information content (AvgIpc) is 2.54. The van der Waals surface area contributed by atoms with Gasteiger partial charge in [-0.05, 0) is 6.92 Å². The fourth-order valence-electron chi connectivity index (χ4n) is 1.52. The molecule has 0 unspecified atom stereocenters. The Bertz CT molecular complexity index is 419. The minimum Gasteiger partial charge on any atom is -0.375 e. The Morgan fingerprint density at radius 3 is 2.80 bits per heavy atom. The highest BCUT2D eigenvalue weighted by Crippen LogP contribution is 2.35. The first-order valence-corrected chi connectivity index (χ1v) is 5.64. The largest absolute Gasteiger partial charge is 0.375 e. The first kappa shape index (κ1) is 10.7. The Hall–Kier alpha value is -0.830. The van der Waals surface area contributed by atoms with E-state index in [9.17, 15) is 0 Å². The number of halogens is 1. The molecule has 2 rings (SSSR count). The summed E-state index contributed by atoms with van der Waals surface area (Å²) >= 11 is 7.19. The van der Waals surface area contributed by atoms with Crippen molar-refractivity contribution in [1.29, 1.82) is 5.26 Å². The van der Waals surface area contributed by atoms with Gasteiger partial charge < -0.3 is 9.64 Å². The number of anilines is 1. The number of aromatic nitrogens is 1. The van der Waals surface area contributed by atoms with Gasteiger partial charge in [0.15, 0.2) is 10.8 Å². The third-order valence-electron chi connectivity index (χ3n) is 2.49. The summed E-state index contributed by atoms with van der Waals surface area (Å²) in [4.78, 5) is 6.20. The van der Waals surface area contributed by atoms with Crippen LogP contribution in [0, 0.1) is 11.3 Å². The molecule has 1 aromatic heterocycles. The lowest BCUT2D eigenvalue weighted by molar-refractivity contribution is -0.0167. The third-order valence-corrected chi connectivity index (χ3v) is 3.81. The molecule has 0 bridgehead atoms. The Kier molecular flexibility index (Phi) is 2.59. The summed E-state index contributed by atoms with van der Waals surface area (Å²) in [6.07, 6.45) is 0. The summed E-state index contributed by atoms with van der Waals surface area (Å²) in [7, 11) is 1.70. The molecule has 1 aliphatic heterocycles. The van der Waals surface area contributed by atoms with E-state index in [4.69, 9.17) is 21.6 Å². The number of hydrogen-bond donors (Lipinski definition) is 0. The van der Waals surface area contributed by atoms with Crippen molar-refractivity contribution in [3.8, 4) is 6.07 Å². The zero-order valence-corrected chi connectivity index (χ0v) is 10.0. The van der Waals surface area contributed by atoms with E-state index in [0.717, 1.165) is 18.2 Å². The standard InChI is InChI=1S/C9H10ClN3OS/c1-9(14-2)4-13(5-9)8-12-6(3-11)7(10)15-8/h4-5H2,1-2H3. The molecule has 0 radical (unpaired) electrons. The second-order valence-corrected chi connectivity index (χ2v) is 5.32. The van der Waals surface area contributed by atoms with Crippen molar-refractivity contribution in [3.05, 3.63) is 10.0 Å². The van der Waals surface area contributed by atoms with Crippen molar-refractivity contribution < 1.29 is 4.74 Å². The van der Waals surface area contributed by atoms with Crippen LogP contribution in [0.4, 0.5) is 5.13 Å². The highest BCUT2D eigenvalue weighted by molar-refractivity contribution is 7.19. The number of thiazole rings is 1. The minimum atomic E-state index is -0.0923. The van der Waals surface area contributed by atoms with Crippen LogP contribution in [-0.2, 0) is 4.74 Å². The first-order valence-electron chi connectivity index (χ1n) is 4.44. The SMILES string of the molecule is COC1(C)CN(c2nc(C#N)c(Cl)s2)C1. The Balaban J connectivity index is 2.11. The molecule has 0 atom stereocenters. The van der Waals surface area contributed by atoms with Gasteiger partial charge >= 0.3 is 0 Å². The topological polar surface area (TPSA) is 49.1 Å². The van der Waals surface area contributed by atoms with Crippen molar-refractivity contribution in [2.75, 3.05) is 25.1 Å². The fraction of sp³-hybridized carbons (Fsp3) is 0.556. The Morgan fingerprint density at radius 1 is 1.67 bits per heavy atom. The molecule has 80 valence electrons. The van der Waals surface area contributed by atoms with Crippen LogP contribution in [0.1, 0.15) is 12.6 Å². The molecule has 15 heavy (non-hydrogen) atoms. The molecule has 0 aromatic carbocycles. The van der Waals surface area contributed by atoms with Crippen LogP contribution >= 0.6 is 22.9 Å². The van der Waals surface area contributed by atoms with Crippen LogP contribution in [-0.4, -0.2) is 30.8 Å². The maximum Gasteiger partial charge on any atom is 0.188 e. The zero-order chi connectivity index (χ0) is 11.1. The maximum atomic E-state index is 8.72. The fourth-order valence-corrected chi connectivity index (χ4v) is 2.56. The summed E-state index contributed by atoms with van der Waals surface area (Å²) in [6, 6.07) is 1.96. The molecule has 1 aliphatic rings.